The topological polar surface area (TPSA) is 0 Å². The molecule has 0 heterocycles. The van der Waals surface area contributed by atoms with Gasteiger partial charge >= 0.3 is 0 Å². The lowest BCUT2D eigenvalue weighted by Crippen LogP contribution is -1.95. The van der Waals surface area contributed by atoms with Crippen molar-refractivity contribution >= 4 is 10.8 Å². The Bertz CT molecular complexity index is 1240. The summed E-state index contributed by atoms with van der Waals surface area (Å²) in [5.41, 5.74) is 3.71. The van der Waals surface area contributed by atoms with E-state index in [1.54, 1.807) is 12.1 Å². The summed E-state index contributed by atoms with van der Waals surface area (Å²) < 4.78 is 55.6. The molecule has 0 N–H and O–H groups in total. The molecule has 4 aromatic carbocycles. The Kier molecular flexibility index (Phi) is 7.12. The first-order valence-electron chi connectivity index (χ1n) is 11.4. The molecule has 0 aliphatic heterocycles. The van der Waals surface area contributed by atoms with E-state index in [1.165, 1.54) is 36.5 Å². The maximum Gasteiger partial charge on any atom is 0.194 e. The minimum atomic E-state index is -1.56. The van der Waals surface area contributed by atoms with Crippen LogP contribution in [0.5, 0.6) is 0 Å². The van der Waals surface area contributed by atoms with Gasteiger partial charge < -0.3 is 0 Å². The average Bonchev–Trinajstić information content (AvgIpc) is 2.82. The Hall–Kier alpha value is -3.14. The van der Waals surface area contributed by atoms with Crippen molar-refractivity contribution in [3.8, 4) is 11.1 Å². The molecule has 0 spiro atoms. The number of hydrogen-bond donors (Lipinski definition) is 0. The lowest BCUT2D eigenvalue weighted by atomic mass is 9.96. The molecule has 0 aliphatic carbocycles. The van der Waals surface area contributed by atoms with E-state index in [0.717, 1.165) is 37.0 Å². The van der Waals surface area contributed by atoms with Crippen molar-refractivity contribution in [3.63, 3.8) is 0 Å². The molecule has 0 atom stereocenters. The van der Waals surface area contributed by atoms with Gasteiger partial charge in [0.2, 0.25) is 0 Å². The molecule has 0 saturated carbocycles. The molecule has 0 bridgehead atoms. The number of rotatable bonds is 8. The molecule has 33 heavy (non-hydrogen) atoms. The van der Waals surface area contributed by atoms with Crippen LogP contribution in [-0.2, 0) is 19.3 Å². The molecule has 0 amide bonds. The number of hydrogen-bond acceptors (Lipinski definition) is 0. The van der Waals surface area contributed by atoms with Gasteiger partial charge in [0.25, 0.3) is 0 Å². The maximum absolute atomic E-state index is 15.1. The van der Waals surface area contributed by atoms with Gasteiger partial charge in [0, 0.05) is 10.9 Å². The summed E-state index contributed by atoms with van der Waals surface area (Å²) in [6.07, 6.45) is 6.51. The third-order valence-electron chi connectivity index (χ3n) is 6.11. The van der Waals surface area contributed by atoms with E-state index in [2.05, 4.69) is 31.2 Å². The number of benzene rings is 4. The van der Waals surface area contributed by atoms with Crippen molar-refractivity contribution in [1.82, 2.24) is 0 Å². The van der Waals surface area contributed by atoms with Crippen LogP contribution in [0.4, 0.5) is 17.6 Å². The van der Waals surface area contributed by atoms with Gasteiger partial charge in [0.15, 0.2) is 17.5 Å². The first kappa shape index (κ1) is 23.0. The SMILES string of the molecule is CCCCCc1ccc(CCc2ccc3c(F)c(-c4cc(F)c(F)c(F)c4)ccc3c2)cc1. The second-order valence-corrected chi connectivity index (χ2v) is 8.51. The van der Waals surface area contributed by atoms with Crippen molar-refractivity contribution < 1.29 is 17.6 Å². The molecule has 4 rings (SSSR count). The molecule has 0 saturated heterocycles. The number of halogens is 4. The fourth-order valence-corrected chi connectivity index (χ4v) is 4.17. The minimum absolute atomic E-state index is 0.0342. The molecular weight excluding hydrogens is 424 g/mol. The predicted octanol–water partition coefficient (Wildman–Crippen LogP) is 8.58. The second kappa shape index (κ2) is 10.2. The second-order valence-electron chi connectivity index (χ2n) is 8.51. The lowest BCUT2D eigenvalue weighted by Gasteiger charge is -2.10. The summed E-state index contributed by atoms with van der Waals surface area (Å²) in [6.45, 7) is 2.21. The van der Waals surface area contributed by atoms with Gasteiger partial charge in [-0.15, -0.1) is 0 Å². The van der Waals surface area contributed by atoms with Crippen LogP contribution in [0.25, 0.3) is 21.9 Å². The van der Waals surface area contributed by atoms with Crippen LogP contribution in [-0.4, -0.2) is 0 Å². The van der Waals surface area contributed by atoms with Crippen LogP contribution >= 0.6 is 0 Å². The highest BCUT2D eigenvalue weighted by atomic mass is 19.2. The van der Waals surface area contributed by atoms with Crippen LogP contribution < -0.4 is 0 Å². The molecule has 0 nitrogen and oxygen atoms in total. The summed E-state index contributed by atoms with van der Waals surface area (Å²) in [6, 6.07) is 19.1. The lowest BCUT2D eigenvalue weighted by molar-refractivity contribution is 0.447. The molecule has 0 radical (unpaired) electrons. The van der Waals surface area contributed by atoms with E-state index in [0.29, 0.717) is 10.8 Å². The molecular formula is C29H26F4. The van der Waals surface area contributed by atoms with Gasteiger partial charge in [0.05, 0.1) is 0 Å². The smallest absolute Gasteiger partial charge is 0.194 e. The Labute approximate surface area is 191 Å². The Morgan fingerprint density at radius 1 is 0.576 bits per heavy atom. The maximum atomic E-state index is 15.1. The molecule has 4 heteroatoms. The van der Waals surface area contributed by atoms with Crippen molar-refractivity contribution in [2.45, 2.75) is 45.4 Å². The van der Waals surface area contributed by atoms with Gasteiger partial charge in [-0.05, 0) is 65.5 Å². The summed E-state index contributed by atoms with van der Waals surface area (Å²) in [5, 5.41) is 1.07. The van der Waals surface area contributed by atoms with Crippen molar-refractivity contribution in [1.29, 1.82) is 0 Å². The molecule has 4 aromatic rings. The van der Waals surface area contributed by atoms with Crippen LogP contribution in [0.15, 0.2) is 66.7 Å². The highest BCUT2D eigenvalue weighted by molar-refractivity contribution is 5.88. The Morgan fingerprint density at radius 3 is 1.85 bits per heavy atom. The van der Waals surface area contributed by atoms with E-state index in [4.69, 9.17) is 0 Å². The highest BCUT2D eigenvalue weighted by Crippen LogP contribution is 2.31. The van der Waals surface area contributed by atoms with E-state index < -0.39 is 23.3 Å². The number of aryl methyl sites for hydroxylation is 3. The number of unbranched alkanes of at least 4 members (excludes halogenated alkanes) is 2. The van der Waals surface area contributed by atoms with Gasteiger partial charge in [-0.2, -0.15) is 0 Å². The average molecular weight is 451 g/mol. The first-order chi connectivity index (χ1) is 16.0. The van der Waals surface area contributed by atoms with Crippen molar-refractivity contribution in [2.75, 3.05) is 0 Å². The van der Waals surface area contributed by atoms with Crippen LogP contribution in [0, 0.1) is 23.3 Å². The molecule has 0 unspecified atom stereocenters. The normalized spacial score (nSPS) is 11.3. The monoisotopic (exact) mass is 450 g/mol. The molecule has 0 fully saturated rings. The quantitative estimate of drug-likeness (QED) is 0.143. The van der Waals surface area contributed by atoms with Crippen LogP contribution in [0.3, 0.4) is 0 Å². The fourth-order valence-electron chi connectivity index (χ4n) is 4.17. The minimum Gasteiger partial charge on any atom is -0.206 e. The third kappa shape index (κ3) is 5.27. The summed E-state index contributed by atoms with van der Waals surface area (Å²) in [4.78, 5) is 0. The van der Waals surface area contributed by atoms with Crippen molar-refractivity contribution in [3.05, 3.63) is 107 Å². The first-order valence-corrected chi connectivity index (χ1v) is 11.4. The Morgan fingerprint density at radius 2 is 1.18 bits per heavy atom. The zero-order valence-corrected chi connectivity index (χ0v) is 18.6. The summed E-state index contributed by atoms with van der Waals surface area (Å²) in [7, 11) is 0. The zero-order valence-electron chi connectivity index (χ0n) is 18.6. The van der Waals surface area contributed by atoms with Crippen molar-refractivity contribution in [2.24, 2.45) is 0 Å². The zero-order chi connectivity index (χ0) is 23.4. The largest absolute Gasteiger partial charge is 0.206 e. The molecule has 170 valence electrons. The van der Waals surface area contributed by atoms with Gasteiger partial charge in [-0.3, -0.25) is 0 Å². The predicted molar refractivity (Wildman–Crippen MR) is 126 cm³/mol. The molecule has 0 aliphatic rings. The van der Waals surface area contributed by atoms with Gasteiger partial charge in [-0.1, -0.05) is 74.4 Å². The van der Waals surface area contributed by atoms with Crippen LogP contribution in [0.2, 0.25) is 0 Å². The van der Waals surface area contributed by atoms with Crippen LogP contribution in [0.1, 0.15) is 42.9 Å². The van der Waals surface area contributed by atoms with Gasteiger partial charge in [0.1, 0.15) is 5.82 Å². The van der Waals surface area contributed by atoms with E-state index in [9.17, 15) is 13.2 Å². The summed E-state index contributed by atoms with van der Waals surface area (Å²) >= 11 is 0. The summed E-state index contributed by atoms with van der Waals surface area (Å²) in [5.74, 6) is -4.82. The number of fused-ring (bicyclic) bond motifs is 1. The Balaban J connectivity index is 1.49. The fraction of sp³-hybridized carbons (Fsp3) is 0.241. The standard InChI is InChI=1S/C29H26F4/c1-2-3-4-5-19-6-8-20(9-7-19)10-11-21-12-14-24-22(16-21)13-15-25(28(24)32)23-17-26(30)29(33)27(31)18-23/h6-9,12-18H,2-5,10-11H2,1H3. The van der Waals surface area contributed by atoms with E-state index in [1.807, 2.05) is 12.1 Å². The third-order valence-corrected chi connectivity index (χ3v) is 6.11. The van der Waals surface area contributed by atoms with E-state index >= 15 is 4.39 Å². The van der Waals surface area contributed by atoms with E-state index in [-0.39, 0.29) is 11.1 Å². The molecule has 0 aromatic heterocycles. The van der Waals surface area contributed by atoms with Gasteiger partial charge in [-0.25, -0.2) is 17.6 Å². The highest BCUT2D eigenvalue weighted by Gasteiger charge is 2.15.